The standard InChI is InChI=1S/C38H48ClF3N4O4/c1-25(7-8-26-9-13-37(14-10-26)24-34(47)43-32-6-4-3-5-29(32)37)50-33(23-27-21-30(38(40,41)42)35(48)31(39)22-27)36(49)46-19-17-45(18-20-46)28-11-15-44(2)16-12-28/h3-6,21-22,26,28,33,48H,1,7-20,23-24H2,2H3,(H,43,47)/t26?,33-,37?/m1/s1. The third-order valence-electron chi connectivity index (χ3n) is 11.4. The zero-order valence-corrected chi connectivity index (χ0v) is 29.5. The van der Waals surface area contributed by atoms with Gasteiger partial charge in [-0.1, -0.05) is 36.4 Å². The molecule has 3 aliphatic heterocycles. The van der Waals surface area contributed by atoms with Crippen LogP contribution in [0.3, 0.4) is 0 Å². The Bertz CT molecular complexity index is 1560. The number of aromatic hydroxyl groups is 1. The lowest BCUT2D eigenvalue weighted by molar-refractivity contribution is -0.143. The largest absolute Gasteiger partial charge is 0.506 e. The number of piperidine rings is 1. The molecule has 3 fully saturated rings. The maximum atomic E-state index is 14.0. The van der Waals surface area contributed by atoms with E-state index in [1.165, 1.54) is 11.6 Å². The number of amides is 2. The lowest BCUT2D eigenvalue weighted by atomic mass is 9.63. The molecule has 12 heteroatoms. The fourth-order valence-corrected chi connectivity index (χ4v) is 8.74. The minimum Gasteiger partial charge on any atom is -0.506 e. The molecule has 50 heavy (non-hydrogen) atoms. The van der Waals surface area contributed by atoms with Crippen molar-refractivity contribution in [1.82, 2.24) is 14.7 Å². The summed E-state index contributed by atoms with van der Waals surface area (Å²) in [6, 6.07) is 10.6. The zero-order chi connectivity index (χ0) is 35.6. The number of phenols is 1. The van der Waals surface area contributed by atoms with E-state index >= 15 is 0 Å². The summed E-state index contributed by atoms with van der Waals surface area (Å²) < 4.78 is 47.4. The highest BCUT2D eigenvalue weighted by Gasteiger charge is 2.43. The van der Waals surface area contributed by atoms with E-state index in [1.807, 2.05) is 18.2 Å². The van der Waals surface area contributed by atoms with Gasteiger partial charge in [-0.25, -0.2) is 0 Å². The summed E-state index contributed by atoms with van der Waals surface area (Å²) in [4.78, 5) is 33.1. The first-order valence-electron chi connectivity index (χ1n) is 17.8. The number of halogens is 4. The second-order valence-corrected chi connectivity index (χ2v) is 15.2. The molecule has 0 unspecified atom stereocenters. The molecule has 1 aliphatic carbocycles. The van der Waals surface area contributed by atoms with Crippen LogP contribution >= 0.6 is 11.6 Å². The minimum atomic E-state index is -4.82. The quantitative estimate of drug-likeness (QED) is 0.272. The number of fused-ring (bicyclic) bond motifs is 2. The maximum Gasteiger partial charge on any atom is 0.420 e. The van der Waals surface area contributed by atoms with Crippen LogP contribution in [0.25, 0.3) is 0 Å². The van der Waals surface area contributed by atoms with Gasteiger partial charge < -0.3 is 25.0 Å². The van der Waals surface area contributed by atoms with Crippen molar-refractivity contribution in [1.29, 1.82) is 0 Å². The van der Waals surface area contributed by atoms with Crippen LogP contribution in [-0.4, -0.2) is 90.1 Å². The van der Waals surface area contributed by atoms with E-state index in [0.717, 1.165) is 82.9 Å². The van der Waals surface area contributed by atoms with Gasteiger partial charge in [0.2, 0.25) is 5.91 Å². The lowest BCUT2D eigenvalue weighted by Gasteiger charge is -2.44. The van der Waals surface area contributed by atoms with Crippen LogP contribution < -0.4 is 5.32 Å². The number of ether oxygens (including phenoxy) is 1. The molecule has 3 heterocycles. The summed E-state index contributed by atoms with van der Waals surface area (Å²) in [5.74, 6) is -0.462. The zero-order valence-electron chi connectivity index (χ0n) is 28.7. The number of nitrogens with zero attached hydrogens (tertiary/aromatic N) is 3. The molecule has 0 aromatic heterocycles. The molecule has 2 saturated heterocycles. The Labute approximate surface area is 297 Å². The van der Waals surface area contributed by atoms with Crippen molar-refractivity contribution in [2.24, 2.45) is 5.92 Å². The van der Waals surface area contributed by atoms with Crippen molar-refractivity contribution in [2.45, 2.75) is 87.9 Å². The Morgan fingerprint density at radius 3 is 2.44 bits per heavy atom. The smallest absolute Gasteiger partial charge is 0.420 e. The van der Waals surface area contributed by atoms with Crippen LogP contribution in [0.1, 0.15) is 74.5 Å². The summed E-state index contributed by atoms with van der Waals surface area (Å²) in [5.41, 5.74) is 0.858. The van der Waals surface area contributed by atoms with Crippen LogP contribution in [0.15, 0.2) is 48.7 Å². The van der Waals surface area contributed by atoms with E-state index in [1.54, 1.807) is 4.90 Å². The number of hydrogen-bond donors (Lipinski definition) is 2. The molecule has 2 N–H and O–H groups in total. The Kier molecular flexibility index (Phi) is 11.1. The van der Waals surface area contributed by atoms with Gasteiger partial charge in [0.15, 0.2) is 6.10 Å². The number of alkyl halides is 3. The monoisotopic (exact) mass is 716 g/mol. The van der Waals surface area contributed by atoms with Gasteiger partial charge in [-0.2, -0.15) is 13.2 Å². The second kappa shape index (κ2) is 15.1. The average molecular weight is 717 g/mol. The van der Waals surface area contributed by atoms with Crippen molar-refractivity contribution >= 4 is 29.1 Å². The molecule has 1 atom stereocenters. The van der Waals surface area contributed by atoms with Crippen LogP contribution in [-0.2, 0) is 32.3 Å². The third kappa shape index (κ3) is 8.26. The normalized spacial score (nSPS) is 24.5. The molecular formula is C38H48ClF3N4O4. The van der Waals surface area contributed by atoms with Gasteiger partial charge in [0.25, 0.3) is 5.91 Å². The lowest BCUT2D eigenvalue weighted by Crippen LogP contribution is -2.56. The van der Waals surface area contributed by atoms with Crippen LogP contribution in [0.4, 0.5) is 18.9 Å². The minimum absolute atomic E-state index is 0.0557. The number of likely N-dealkylation sites (tertiary alicyclic amines) is 1. The van der Waals surface area contributed by atoms with E-state index in [2.05, 4.69) is 34.8 Å². The van der Waals surface area contributed by atoms with E-state index in [4.69, 9.17) is 16.3 Å². The molecule has 8 nitrogen and oxygen atoms in total. The number of carbonyl (C=O) groups is 2. The molecule has 6 rings (SSSR count). The van der Waals surface area contributed by atoms with Gasteiger partial charge in [0, 0.05) is 62.6 Å². The number of phenolic OH excluding ortho intramolecular Hbond substituents is 1. The number of allylic oxidation sites excluding steroid dienone is 1. The maximum absolute atomic E-state index is 14.0. The Balaban J connectivity index is 1.10. The molecule has 2 amide bonds. The van der Waals surface area contributed by atoms with E-state index in [9.17, 15) is 27.9 Å². The number of carbonyl (C=O) groups excluding carboxylic acids is 2. The van der Waals surface area contributed by atoms with Crippen LogP contribution in [0.5, 0.6) is 5.75 Å². The highest BCUT2D eigenvalue weighted by molar-refractivity contribution is 6.32. The molecule has 1 saturated carbocycles. The summed E-state index contributed by atoms with van der Waals surface area (Å²) >= 11 is 6.03. The molecule has 0 radical (unpaired) electrons. The average Bonchev–Trinajstić information content (AvgIpc) is 3.09. The van der Waals surface area contributed by atoms with E-state index < -0.39 is 28.6 Å². The van der Waals surface area contributed by atoms with Crippen LogP contribution in [0, 0.1) is 5.92 Å². The number of para-hydroxylation sites is 1. The predicted molar refractivity (Wildman–Crippen MR) is 187 cm³/mol. The van der Waals surface area contributed by atoms with Crippen molar-refractivity contribution in [3.8, 4) is 5.75 Å². The van der Waals surface area contributed by atoms with Crippen molar-refractivity contribution in [3.63, 3.8) is 0 Å². The first-order chi connectivity index (χ1) is 23.8. The first-order valence-corrected chi connectivity index (χ1v) is 18.2. The van der Waals surface area contributed by atoms with Crippen molar-refractivity contribution < 1.29 is 32.6 Å². The predicted octanol–water partition coefficient (Wildman–Crippen LogP) is 6.99. The summed E-state index contributed by atoms with van der Waals surface area (Å²) in [5, 5.41) is 12.6. The Morgan fingerprint density at radius 1 is 1.08 bits per heavy atom. The van der Waals surface area contributed by atoms with Gasteiger partial charge in [0.1, 0.15) is 5.75 Å². The van der Waals surface area contributed by atoms with Gasteiger partial charge in [-0.05, 0) is 100 Å². The van der Waals surface area contributed by atoms with E-state index in [-0.39, 0.29) is 29.2 Å². The number of benzene rings is 2. The Morgan fingerprint density at radius 2 is 1.76 bits per heavy atom. The highest BCUT2D eigenvalue weighted by atomic mass is 35.5. The number of rotatable bonds is 9. The SMILES string of the molecule is C=C(CCC1CCC2(CC1)CC(=O)Nc1ccccc12)O[C@H](Cc1cc(Cl)c(O)c(C(F)(F)F)c1)C(=O)N1CCN(C2CCN(C)CC2)CC1. The molecular weight excluding hydrogens is 669 g/mol. The fraction of sp³-hybridized carbons (Fsp3) is 0.579. The summed E-state index contributed by atoms with van der Waals surface area (Å²) in [6.07, 6.45) is 1.61. The third-order valence-corrected chi connectivity index (χ3v) is 11.7. The number of nitrogens with one attached hydrogen (secondary N) is 1. The molecule has 1 spiro atoms. The molecule has 4 aliphatic rings. The molecule has 2 aromatic carbocycles. The number of hydrogen-bond acceptors (Lipinski definition) is 6. The molecule has 272 valence electrons. The van der Waals surface area contributed by atoms with Crippen molar-refractivity contribution in [2.75, 3.05) is 51.6 Å². The highest BCUT2D eigenvalue weighted by Crippen LogP contribution is 2.49. The van der Waals surface area contributed by atoms with E-state index in [0.29, 0.717) is 43.7 Å². The molecule has 2 aromatic rings. The second-order valence-electron chi connectivity index (χ2n) is 14.7. The van der Waals surface area contributed by atoms with Crippen molar-refractivity contribution in [3.05, 3.63) is 70.4 Å². The topological polar surface area (TPSA) is 85.3 Å². The van der Waals surface area contributed by atoms with Gasteiger partial charge >= 0.3 is 6.18 Å². The fourth-order valence-electron chi connectivity index (χ4n) is 8.50. The first kappa shape index (κ1) is 36.5. The Hall–Kier alpha value is -3.28. The van der Waals surface area contributed by atoms with Crippen LogP contribution in [0.2, 0.25) is 5.02 Å². The van der Waals surface area contributed by atoms with Gasteiger partial charge in [-0.3, -0.25) is 14.5 Å². The molecule has 0 bridgehead atoms. The number of piperazine rings is 1. The number of anilines is 1. The van der Waals surface area contributed by atoms with Gasteiger partial charge in [0.05, 0.1) is 16.3 Å². The summed E-state index contributed by atoms with van der Waals surface area (Å²) in [6.45, 7) is 8.70. The van der Waals surface area contributed by atoms with Gasteiger partial charge in [-0.15, -0.1) is 0 Å². The summed E-state index contributed by atoms with van der Waals surface area (Å²) in [7, 11) is 2.13.